The summed E-state index contributed by atoms with van der Waals surface area (Å²) in [4.78, 5) is 23.0. The van der Waals surface area contributed by atoms with Gasteiger partial charge < -0.3 is 24.8 Å². The number of fused-ring (bicyclic) bond motifs is 1. The Morgan fingerprint density at radius 1 is 0.947 bits per heavy atom. The minimum atomic E-state index is -0.523. The van der Waals surface area contributed by atoms with Crippen molar-refractivity contribution in [3.8, 4) is 28.5 Å². The Labute approximate surface area is 221 Å². The molecule has 2 N–H and O–H groups in total. The van der Waals surface area contributed by atoms with Crippen LogP contribution in [0.1, 0.15) is 39.7 Å². The molecule has 1 amide bonds. The second-order valence-electron chi connectivity index (χ2n) is 10.3. The molecular weight excluding hydrogens is 484 g/mol. The quantitative estimate of drug-likeness (QED) is 0.372. The first-order valence-corrected chi connectivity index (χ1v) is 12.6. The summed E-state index contributed by atoms with van der Waals surface area (Å²) >= 11 is 0. The molecule has 1 aliphatic rings. The van der Waals surface area contributed by atoms with Crippen LogP contribution in [0.5, 0.6) is 17.2 Å². The SMILES string of the molecule is COc1ccc(Oc2ccc(-c3nn(C4CCN(C(=O)OC(C)(C)C)CC4)c4ncnc(N)c34)cc2)cc1. The van der Waals surface area contributed by atoms with E-state index >= 15 is 0 Å². The molecule has 2 aromatic heterocycles. The summed E-state index contributed by atoms with van der Waals surface area (Å²) in [6.07, 6.45) is 2.63. The average Bonchev–Trinajstić information content (AvgIpc) is 3.30. The molecule has 10 nitrogen and oxygen atoms in total. The topological polar surface area (TPSA) is 118 Å². The minimum Gasteiger partial charge on any atom is -0.497 e. The molecule has 0 unspecified atom stereocenters. The molecule has 0 atom stereocenters. The number of nitrogen functional groups attached to an aromatic ring is 1. The van der Waals surface area contributed by atoms with Crippen LogP contribution in [0.15, 0.2) is 54.9 Å². The van der Waals surface area contributed by atoms with Crippen LogP contribution in [0.25, 0.3) is 22.3 Å². The van der Waals surface area contributed by atoms with Gasteiger partial charge in [0.1, 0.15) is 40.7 Å². The zero-order valence-corrected chi connectivity index (χ0v) is 22.0. The molecule has 1 saturated heterocycles. The van der Waals surface area contributed by atoms with Crippen molar-refractivity contribution in [2.45, 2.75) is 45.3 Å². The molecule has 1 fully saturated rings. The molecular formula is C28H32N6O4. The minimum absolute atomic E-state index is 0.0666. The van der Waals surface area contributed by atoms with Crippen molar-refractivity contribution in [1.82, 2.24) is 24.6 Å². The Morgan fingerprint density at radius 3 is 2.16 bits per heavy atom. The number of nitrogens with two attached hydrogens (primary N) is 1. The summed E-state index contributed by atoms with van der Waals surface area (Å²) in [6.45, 7) is 6.77. The highest BCUT2D eigenvalue weighted by Crippen LogP contribution is 2.35. The Kier molecular flexibility index (Phi) is 6.79. The number of hydrogen-bond acceptors (Lipinski definition) is 8. The number of methoxy groups -OCH3 is 1. The van der Waals surface area contributed by atoms with E-state index in [1.54, 1.807) is 12.0 Å². The average molecular weight is 517 g/mol. The van der Waals surface area contributed by atoms with Gasteiger partial charge in [0.15, 0.2) is 5.65 Å². The molecule has 0 aliphatic carbocycles. The summed E-state index contributed by atoms with van der Waals surface area (Å²) < 4.78 is 18.6. The summed E-state index contributed by atoms with van der Waals surface area (Å²) in [5.74, 6) is 2.55. The van der Waals surface area contributed by atoms with Crippen LogP contribution in [0.3, 0.4) is 0 Å². The maximum absolute atomic E-state index is 12.5. The second-order valence-corrected chi connectivity index (χ2v) is 10.3. The van der Waals surface area contributed by atoms with Crippen LogP contribution in [-0.2, 0) is 4.74 Å². The number of hydrogen-bond donors (Lipinski definition) is 1. The number of amides is 1. The van der Waals surface area contributed by atoms with Gasteiger partial charge in [0, 0.05) is 18.7 Å². The number of rotatable bonds is 5. The number of carbonyl (C=O) groups is 1. The largest absolute Gasteiger partial charge is 0.497 e. The van der Waals surface area contributed by atoms with Gasteiger partial charge in [0.2, 0.25) is 0 Å². The zero-order valence-electron chi connectivity index (χ0n) is 22.0. The molecule has 3 heterocycles. The highest BCUT2D eigenvalue weighted by molar-refractivity contribution is 5.98. The number of carbonyl (C=O) groups excluding carboxylic acids is 1. The van der Waals surface area contributed by atoms with Gasteiger partial charge in [-0.05, 0) is 82.1 Å². The van der Waals surface area contributed by atoms with Gasteiger partial charge in [-0.25, -0.2) is 19.4 Å². The molecule has 38 heavy (non-hydrogen) atoms. The lowest BCUT2D eigenvalue weighted by molar-refractivity contribution is 0.0186. The van der Waals surface area contributed by atoms with Gasteiger partial charge in [-0.1, -0.05) is 0 Å². The van der Waals surface area contributed by atoms with E-state index in [4.69, 9.17) is 25.0 Å². The van der Waals surface area contributed by atoms with Crippen molar-refractivity contribution in [3.63, 3.8) is 0 Å². The fourth-order valence-corrected chi connectivity index (χ4v) is 4.53. The van der Waals surface area contributed by atoms with Gasteiger partial charge >= 0.3 is 6.09 Å². The van der Waals surface area contributed by atoms with E-state index in [-0.39, 0.29) is 12.1 Å². The summed E-state index contributed by atoms with van der Waals surface area (Å²) in [6, 6.07) is 15.2. The molecule has 2 aromatic carbocycles. The van der Waals surface area contributed by atoms with Crippen LogP contribution >= 0.6 is 0 Å². The molecule has 0 bridgehead atoms. The fourth-order valence-electron chi connectivity index (χ4n) is 4.53. The lowest BCUT2D eigenvalue weighted by atomic mass is 10.1. The zero-order chi connectivity index (χ0) is 26.9. The highest BCUT2D eigenvalue weighted by atomic mass is 16.6. The molecule has 4 aromatic rings. The molecule has 198 valence electrons. The Morgan fingerprint density at radius 2 is 1.55 bits per heavy atom. The van der Waals surface area contributed by atoms with Gasteiger partial charge in [0.05, 0.1) is 18.5 Å². The van der Waals surface area contributed by atoms with Crippen LogP contribution in [0, 0.1) is 0 Å². The molecule has 10 heteroatoms. The maximum atomic E-state index is 12.5. The van der Waals surface area contributed by atoms with Crippen LogP contribution in [0.4, 0.5) is 10.6 Å². The van der Waals surface area contributed by atoms with E-state index in [1.165, 1.54) is 6.33 Å². The molecule has 0 saturated carbocycles. The molecule has 0 spiro atoms. The number of likely N-dealkylation sites (tertiary alicyclic amines) is 1. The van der Waals surface area contributed by atoms with E-state index in [0.717, 1.165) is 24.2 Å². The van der Waals surface area contributed by atoms with E-state index in [1.807, 2.05) is 74.0 Å². The summed E-state index contributed by atoms with van der Waals surface area (Å²) in [7, 11) is 1.63. The number of aromatic nitrogens is 4. The highest BCUT2D eigenvalue weighted by Gasteiger charge is 2.30. The Balaban J connectivity index is 1.37. The van der Waals surface area contributed by atoms with E-state index in [0.29, 0.717) is 47.1 Å². The first-order valence-electron chi connectivity index (χ1n) is 12.6. The normalized spacial score (nSPS) is 14.5. The van der Waals surface area contributed by atoms with Crippen molar-refractivity contribution >= 4 is 22.9 Å². The third-order valence-electron chi connectivity index (χ3n) is 6.40. The maximum Gasteiger partial charge on any atom is 0.410 e. The van der Waals surface area contributed by atoms with E-state index in [2.05, 4.69) is 9.97 Å². The summed E-state index contributed by atoms with van der Waals surface area (Å²) in [5.41, 5.74) is 8.05. The number of benzene rings is 2. The Hall–Kier alpha value is -4.34. The number of nitrogens with zero attached hydrogens (tertiary/aromatic N) is 5. The number of piperidine rings is 1. The van der Waals surface area contributed by atoms with Crippen molar-refractivity contribution in [3.05, 3.63) is 54.9 Å². The van der Waals surface area contributed by atoms with Crippen LogP contribution in [-0.4, -0.2) is 56.5 Å². The molecule has 5 rings (SSSR count). The fraction of sp³-hybridized carbons (Fsp3) is 0.357. The van der Waals surface area contributed by atoms with Crippen molar-refractivity contribution < 1.29 is 19.0 Å². The van der Waals surface area contributed by atoms with Gasteiger partial charge in [-0.3, -0.25) is 0 Å². The van der Waals surface area contributed by atoms with Crippen LogP contribution < -0.4 is 15.2 Å². The predicted molar refractivity (Wildman–Crippen MR) is 144 cm³/mol. The standard InChI is InChI=1S/C28H32N6O4/c1-28(2,3)38-27(35)33-15-13-19(14-16-33)34-26-23(25(29)30-17-31-26)24(32-34)18-5-7-21(8-6-18)37-22-11-9-20(36-4)10-12-22/h5-12,17,19H,13-16H2,1-4H3,(H2,29,30,31). The first kappa shape index (κ1) is 25.3. The monoisotopic (exact) mass is 516 g/mol. The smallest absolute Gasteiger partial charge is 0.410 e. The second kappa shape index (κ2) is 10.2. The molecule has 0 radical (unpaired) electrons. The summed E-state index contributed by atoms with van der Waals surface area (Å²) in [5, 5.41) is 5.66. The van der Waals surface area contributed by atoms with Gasteiger partial charge in [-0.2, -0.15) is 5.10 Å². The number of anilines is 1. The van der Waals surface area contributed by atoms with Crippen molar-refractivity contribution in [2.75, 3.05) is 25.9 Å². The first-order chi connectivity index (χ1) is 18.2. The van der Waals surface area contributed by atoms with Crippen molar-refractivity contribution in [1.29, 1.82) is 0 Å². The third kappa shape index (κ3) is 5.34. The van der Waals surface area contributed by atoms with Crippen LogP contribution in [0.2, 0.25) is 0 Å². The van der Waals surface area contributed by atoms with Crippen molar-refractivity contribution in [2.24, 2.45) is 0 Å². The van der Waals surface area contributed by atoms with E-state index < -0.39 is 5.60 Å². The van der Waals surface area contributed by atoms with E-state index in [9.17, 15) is 4.79 Å². The predicted octanol–water partition coefficient (Wildman–Crippen LogP) is 5.45. The van der Waals surface area contributed by atoms with Gasteiger partial charge in [-0.15, -0.1) is 0 Å². The van der Waals surface area contributed by atoms with Gasteiger partial charge in [0.25, 0.3) is 0 Å². The lowest BCUT2D eigenvalue weighted by Gasteiger charge is -2.33. The molecule has 1 aliphatic heterocycles. The number of ether oxygens (including phenoxy) is 3. The lowest BCUT2D eigenvalue weighted by Crippen LogP contribution is -2.42. The Bertz CT molecular complexity index is 1420. The third-order valence-corrected chi connectivity index (χ3v) is 6.40.